The van der Waals surface area contributed by atoms with Crippen LogP contribution in [0.1, 0.15) is 52.3 Å². The minimum absolute atomic E-state index is 0.280. The van der Waals surface area contributed by atoms with Crippen molar-refractivity contribution in [2.45, 2.75) is 33.1 Å². The van der Waals surface area contributed by atoms with Crippen molar-refractivity contribution in [1.29, 1.82) is 5.26 Å². The number of hydrogen-bond donors (Lipinski definition) is 2. The summed E-state index contributed by atoms with van der Waals surface area (Å²) in [5.74, 6) is 6.02. The Kier molecular flexibility index (Phi) is 7.83. The Morgan fingerprint density at radius 2 is 1.85 bits per heavy atom. The number of aromatic nitrogens is 6. The smallest absolute Gasteiger partial charge is 0.257 e. The normalized spacial score (nSPS) is 11.2. The molecule has 0 saturated heterocycles. The number of rotatable bonds is 6. The fourth-order valence-corrected chi connectivity index (χ4v) is 5.28. The van der Waals surface area contributed by atoms with Crippen LogP contribution < -0.4 is 10.6 Å². The highest BCUT2D eigenvalue weighted by atomic mass is 35.5. The molecule has 46 heavy (non-hydrogen) atoms. The van der Waals surface area contributed by atoms with Gasteiger partial charge in [-0.15, -0.1) is 0 Å². The van der Waals surface area contributed by atoms with E-state index in [1.165, 1.54) is 0 Å². The van der Waals surface area contributed by atoms with Gasteiger partial charge in [-0.1, -0.05) is 17.5 Å². The molecule has 0 bridgehead atoms. The number of nitriles is 1. The minimum atomic E-state index is -0.789. The lowest BCUT2D eigenvalue weighted by atomic mass is 9.86. The molecule has 2 aromatic carbocycles. The molecular formula is C35H30ClN9O. The summed E-state index contributed by atoms with van der Waals surface area (Å²) in [7, 11) is 1.86. The van der Waals surface area contributed by atoms with Crippen LogP contribution in [0.15, 0.2) is 79.8 Å². The molecule has 11 heteroatoms. The average molecular weight is 628 g/mol. The Morgan fingerprint density at radius 1 is 1.02 bits per heavy atom. The molecule has 0 saturated carbocycles. The number of carbonyl (C=O) groups is 1. The summed E-state index contributed by atoms with van der Waals surface area (Å²) in [6, 6.07) is 15.2. The first-order valence-electron chi connectivity index (χ1n) is 14.4. The van der Waals surface area contributed by atoms with E-state index in [2.05, 4.69) is 43.6 Å². The lowest BCUT2D eigenvalue weighted by Crippen LogP contribution is -2.17. The van der Waals surface area contributed by atoms with Gasteiger partial charge >= 0.3 is 0 Å². The fraction of sp³-hybridized carbons (Fsp3) is 0.171. The zero-order valence-corrected chi connectivity index (χ0v) is 26.7. The number of fused-ring (bicyclic) bond motifs is 1. The van der Waals surface area contributed by atoms with Gasteiger partial charge in [-0.05, 0) is 87.2 Å². The van der Waals surface area contributed by atoms with Crippen LogP contribution in [-0.4, -0.2) is 34.6 Å². The highest BCUT2D eigenvalue weighted by molar-refractivity contribution is 6.34. The number of nitrogens with zero attached hydrogens (tertiary/aromatic N) is 7. The van der Waals surface area contributed by atoms with Crippen LogP contribution in [-0.2, 0) is 12.5 Å². The number of anilines is 3. The lowest BCUT2D eigenvalue weighted by Gasteiger charge is -2.19. The molecule has 6 rings (SSSR count). The molecule has 1 amide bonds. The largest absolute Gasteiger partial charge is 0.350 e. The summed E-state index contributed by atoms with van der Waals surface area (Å²) >= 11 is 6.59. The second-order valence-electron chi connectivity index (χ2n) is 11.6. The monoisotopic (exact) mass is 627 g/mol. The van der Waals surface area contributed by atoms with Gasteiger partial charge in [0.1, 0.15) is 5.69 Å². The second kappa shape index (κ2) is 11.9. The van der Waals surface area contributed by atoms with E-state index < -0.39 is 11.3 Å². The first-order chi connectivity index (χ1) is 22.0. The molecule has 6 aromatic rings. The van der Waals surface area contributed by atoms with E-state index in [4.69, 9.17) is 11.6 Å². The topological polar surface area (TPSA) is 118 Å². The zero-order valence-electron chi connectivity index (χ0n) is 25.9. The number of halogens is 1. The van der Waals surface area contributed by atoms with Gasteiger partial charge in [0.25, 0.3) is 5.91 Å². The fourth-order valence-electron chi connectivity index (χ4n) is 4.97. The van der Waals surface area contributed by atoms with Crippen LogP contribution in [0.4, 0.5) is 17.1 Å². The standard InChI is InChI=1S/C35H30ClN9O/c1-22-11-31(36)30(34(46)42-26-13-25(35(3,4)20-37)14-29(15-26)44-18-23(2)39-21-44)12-24(22)8-9-28-17-38-33-32(7-6-10-45(28)33)41-27-16-40-43(5)19-27/h6-7,10-19,21,41H,1-5H3,(H,42,46). The molecule has 0 radical (unpaired) electrons. The average Bonchev–Trinajstić information content (AvgIpc) is 3.76. The van der Waals surface area contributed by atoms with Crippen LogP contribution in [0.2, 0.25) is 5.02 Å². The Hall–Kier alpha value is -5.84. The van der Waals surface area contributed by atoms with E-state index in [0.29, 0.717) is 22.0 Å². The summed E-state index contributed by atoms with van der Waals surface area (Å²) in [5.41, 5.74) is 6.94. The number of benzene rings is 2. The molecule has 228 valence electrons. The van der Waals surface area contributed by atoms with Gasteiger partial charge in [-0.25, -0.2) is 9.97 Å². The highest BCUT2D eigenvalue weighted by Crippen LogP contribution is 2.30. The van der Waals surface area contributed by atoms with E-state index >= 15 is 0 Å². The highest BCUT2D eigenvalue weighted by Gasteiger charge is 2.22. The van der Waals surface area contributed by atoms with Gasteiger partial charge in [-0.2, -0.15) is 10.4 Å². The zero-order chi connectivity index (χ0) is 32.6. The van der Waals surface area contributed by atoms with Crippen molar-refractivity contribution in [1.82, 2.24) is 28.7 Å². The van der Waals surface area contributed by atoms with Crippen molar-refractivity contribution in [2.24, 2.45) is 7.05 Å². The van der Waals surface area contributed by atoms with Crippen molar-refractivity contribution in [3.8, 4) is 23.6 Å². The molecule has 4 heterocycles. The van der Waals surface area contributed by atoms with Crippen LogP contribution >= 0.6 is 11.6 Å². The van der Waals surface area contributed by atoms with Crippen LogP contribution in [0, 0.1) is 37.0 Å². The third-order valence-corrected chi connectivity index (χ3v) is 7.90. The van der Waals surface area contributed by atoms with Gasteiger partial charge < -0.3 is 15.2 Å². The van der Waals surface area contributed by atoms with E-state index in [1.807, 2.05) is 86.6 Å². The summed E-state index contributed by atoms with van der Waals surface area (Å²) in [6.45, 7) is 7.46. The molecule has 4 aromatic heterocycles. The molecule has 0 unspecified atom stereocenters. The Balaban J connectivity index is 1.30. The molecule has 0 spiro atoms. The minimum Gasteiger partial charge on any atom is -0.350 e. The van der Waals surface area contributed by atoms with Crippen LogP contribution in [0.5, 0.6) is 0 Å². The van der Waals surface area contributed by atoms with Crippen LogP contribution in [0.25, 0.3) is 11.3 Å². The van der Waals surface area contributed by atoms with Crippen molar-refractivity contribution < 1.29 is 4.79 Å². The van der Waals surface area contributed by atoms with Gasteiger partial charge in [-0.3, -0.25) is 13.9 Å². The molecule has 0 aliphatic rings. The van der Waals surface area contributed by atoms with E-state index in [-0.39, 0.29) is 5.56 Å². The molecule has 0 fully saturated rings. The molecule has 0 aliphatic carbocycles. The number of pyridine rings is 1. The number of carbonyl (C=O) groups excluding carboxylic acids is 1. The molecule has 10 nitrogen and oxygen atoms in total. The maximum atomic E-state index is 13.6. The molecule has 0 aliphatic heterocycles. The summed E-state index contributed by atoms with van der Waals surface area (Å²) in [6.07, 6.45) is 10.8. The van der Waals surface area contributed by atoms with Crippen molar-refractivity contribution in [3.63, 3.8) is 0 Å². The van der Waals surface area contributed by atoms with Crippen molar-refractivity contribution in [2.75, 3.05) is 10.6 Å². The summed E-state index contributed by atoms with van der Waals surface area (Å²) < 4.78 is 5.48. The number of amides is 1. The third kappa shape index (κ3) is 6.07. The number of aryl methyl sites for hydroxylation is 3. The van der Waals surface area contributed by atoms with E-state index in [1.54, 1.807) is 41.6 Å². The lowest BCUT2D eigenvalue weighted by molar-refractivity contribution is 0.102. The quantitative estimate of drug-likeness (QED) is 0.198. The Labute approximate surface area is 271 Å². The maximum absolute atomic E-state index is 13.6. The van der Waals surface area contributed by atoms with Gasteiger partial charge in [0, 0.05) is 42.6 Å². The Morgan fingerprint density at radius 3 is 2.57 bits per heavy atom. The predicted molar refractivity (Wildman–Crippen MR) is 179 cm³/mol. The first kappa shape index (κ1) is 30.2. The van der Waals surface area contributed by atoms with Crippen LogP contribution in [0.3, 0.4) is 0 Å². The van der Waals surface area contributed by atoms with E-state index in [9.17, 15) is 10.1 Å². The maximum Gasteiger partial charge on any atom is 0.257 e. The molecular weight excluding hydrogens is 598 g/mol. The number of imidazole rings is 2. The summed E-state index contributed by atoms with van der Waals surface area (Å²) in [4.78, 5) is 22.5. The SMILES string of the molecule is Cc1cn(-c2cc(NC(=O)c3cc(C#Cc4cnc5c(Nc6cnn(C)c6)cccn45)c(C)cc3Cl)cc(C(C)(C)C#N)c2)cn1. The third-order valence-electron chi connectivity index (χ3n) is 7.59. The molecule has 0 atom stereocenters. The van der Waals surface area contributed by atoms with Gasteiger partial charge in [0.05, 0.1) is 57.9 Å². The van der Waals surface area contributed by atoms with Gasteiger partial charge in [0.2, 0.25) is 0 Å². The van der Waals surface area contributed by atoms with Gasteiger partial charge in [0.15, 0.2) is 5.65 Å². The number of nitrogens with one attached hydrogen (secondary N) is 2. The van der Waals surface area contributed by atoms with E-state index in [0.717, 1.165) is 39.5 Å². The predicted octanol–water partition coefficient (Wildman–Crippen LogP) is 6.72. The second-order valence-corrected chi connectivity index (χ2v) is 12.0. The Bertz CT molecular complexity index is 2240. The first-order valence-corrected chi connectivity index (χ1v) is 14.8. The summed E-state index contributed by atoms with van der Waals surface area (Å²) in [5, 5.41) is 20.6. The van der Waals surface area contributed by atoms with Crippen molar-refractivity contribution >= 4 is 40.2 Å². The number of hydrogen-bond acceptors (Lipinski definition) is 6. The van der Waals surface area contributed by atoms with Crippen molar-refractivity contribution in [3.05, 3.63) is 118 Å². The molecule has 2 N–H and O–H groups in total.